The predicted octanol–water partition coefficient (Wildman–Crippen LogP) is 3.10. The molecule has 2 rings (SSSR count). The van der Waals surface area contributed by atoms with E-state index in [-0.39, 0.29) is 18.2 Å². The SMILES string of the molecule is Cc1ccccc1CCC(=O)Nc1ccc(CNC(=O)CC#N)cc1. The van der Waals surface area contributed by atoms with Crippen LogP contribution in [0.4, 0.5) is 5.69 Å². The van der Waals surface area contributed by atoms with Crippen molar-refractivity contribution in [3.05, 3.63) is 65.2 Å². The molecule has 0 atom stereocenters. The summed E-state index contributed by atoms with van der Waals surface area (Å²) in [6, 6.07) is 17.1. The van der Waals surface area contributed by atoms with Crippen molar-refractivity contribution < 1.29 is 9.59 Å². The van der Waals surface area contributed by atoms with E-state index < -0.39 is 0 Å². The molecular weight excluding hydrogens is 314 g/mol. The van der Waals surface area contributed by atoms with Gasteiger partial charge in [-0.1, -0.05) is 36.4 Å². The van der Waals surface area contributed by atoms with Gasteiger partial charge in [0.05, 0.1) is 6.07 Å². The van der Waals surface area contributed by atoms with Crippen LogP contribution in [-0.4, -0.2) is 11.8 Å². The molecule has 0 radical (unpaired) electrons. The van der Waals surface area contributed by atoms with Crippen molar-refractivity contribution >= 4 is 17.5 Å². The van der Waals surface area contributed by atoms with Crippen molar-refractivity contribution in [3.8, 4) is 6.07 Å². The summed E-state index contributed by atoms with van der Waals surface area (Å²) in [5.41, 5.74) is 4.00. The lowest BCUT2D eigenvalue weighted by Crippen LogP contribution is -2.21. The maximum absolute atomic E-state index is 12.1. The van der Waals surface area contributed by atoms with Crippen LogP contribution in [0, 0.1) is 18.3 Å². The van der Waals surface area contributed by atoms with Crippen molar-refractivity contribution in [2.24, 2.45) is 0 Å². The number of hydrogen-bond donors (Lipinski definition) is 2. The first kappa shape index (κ1) is 18.2. The van der Waals surface area contributed by atoms with Gasteiger partial charge < -0.3 is 10.6 Å². The molecule has 0 heterocycles. The van der Waals surface area contributed by atoms with Crippen molar-refractivity contribution in [1.82, 2.24) is 5.32 Å². The zero-order valence-corrected chi connectivity index (χ0v) is 14.2. The fourth-order valence-electron chi connectivity index (χ4n) is 2.40. The Kier molecular flexibility index (Phi) is 6.73. The van der Waals surface area contributed by atoms with Crippen LogP contribution in [-0.2, 0) is 22.6 Å². The lowest BCUT2D eigenvalue weighted by atomic mass is 10.0. The van der Waals surface area contributed by atoms with Gasteiger partial charge in [0.2, 0.25) is 11.8 Å². The summed E-state index contributed by atoms with van der Waals surface area (Å²) in [4.78, 5) is 23.3. The summed E-state index contributed by atoms with van der Waals surface area (Å²) in [5.74, 6) is -0.325. The van der Waals surface area contributed by atoms with E-state index in [4.69, 9.17) is 5.26 Å². The molecule has 0 aliphatic carbocycles. The maximum atomic E-state index is 12.1. The number of carbonyl (C=O) groups is 2. The lowest BCUT2D eigenvalue weighted by Gasteiger charge is -2.08. The largest absolute Gasteiger partial charge is 0.351 e. The summed E-state index contributed by atoms with van der Waals surface area (Å²) in [6.07, 6.45) is 0.993. The Morgan fingerprint density at radius 1 is 1.04 bits per heavy atom. The molecule has 0 bridgehead atoms. The van der Waals surface area contributed by atoms with E-state index in [2.05, 4.69) is 10.6 Å². The maximum Gasteiger partial charge on any atom is 0.234 e. The Balaban J connectivity index is 1.80. The minimum absolute atomic E-state index is 0.0293. The summed E-state index contributed by atoms with van der Waals surface area (Å²) in [5, 5.41) is 14.0. The van der Waals surface area contributed by atoms with Crippen LogP contribution in [0.25, 0.3) is 0 Å². The van der Waals surface area contributed by atoms with E-state index in [1.807, 2.05) is 43.3 Å². The number of amides is 2. The predicted molar refractivity (Wildman–Crippen MR) is 96.6 cm³/mol. The molecule has 0 saturated heterocycles. The second-order valence-corrected chi connectivity index (χ2v) is 5.78. The van der Waals surface area contributed by atoms with Crippen LogP contribution in [0.3, 0.4) is 0 Å². The van der Waals surface area contributed by atoms with E-state index >= 15 is 0 Å². The molecule has 2 N–H and O–H groups in total. The topological polar surface area (TPSA) is 82.0 Å². The lowest BCUT2D eigenvalue weighted by molar-refractivity contribution is -0.120. The van der Waals surface area contributed by atoms with Gasteiger partial charge in [-0.05, 0) is 42.2 Å². The monoisotopic (exact) mass is 335 g/mol. The molecule has 2 amide bonds. The minimum Gasteiger partial charge on any atom is -0.351 e. The fraction of sp³-hybridized carbons (Fsp3) is 0.250. The van der Waals surface area contributed by atoms with Gasteiger partial charge in [0, 0.05) is 18.7 Å². The summed E-state index contributed by atoms with van der Waals surface area (Å²) in [6.45, 7) is 2.41. The number of aryl methyl sites for hydroxylation is 2. The van der Waals surface area contributed by atoms with Crippen molar-refractivity contribution in [1.29, 1.82) is 5.26 Å². The standard InChI is InChI=1S/C20H21N3O2/c1-15-4-2-3-5-17(15)8-11-20(25)23-18-9-6-16(7-10-18)14-22-19(24)12-13-21/h2-7,9-10H,8,11-12,14H2,1H3,(H,22,24)(H,23,25). The summed E-state index contributed by atoms with van der Waals surface area (Å²) < 4.78 is 0. The van der Waals surface area contributed by atoms with Crippen LogP contribution < -0.4 is 10.6 Å². The fourth-order valence-corrected chi connectivity index (χ4v) is 2.40. The summed E-state index contributed by atoms with van der Waals surface area (Å²) >= 11 is 0. The Morgan fingerprint density at radius 2 is 1.76 bits per heavy atom. The Bertz CT molecular complexity index is 776. The minimum atomic E-state index is -0.295. The number of carbonyl (C=O) groups excluding carboxylic acids is 2. The highest BCUT2D eigenvalue weighted by Crippen LogP contribution is 2.12. The van der Waals surface area contributed by atoms with E-state index in [9.17, 15) is 9.59 Å². The molecule has 0 aliphatic heterocycles. The Labute approximate surface area is 147 Å². The first-order valence-electron chi connectivity index (χ1n) is 8.15. The first-order chi connectivity index (χ1) is 12.1. The number of nitrogens with one attached hydrogen (secondary N) is 2. The molecule has 2 aromatic rings. The molecule has 0 aliphatic rings. The molecule has 0 unspecified atom stereocenters. The molecular formula is C20H21N3O2. The van der Waals surface area contributed by atoms with E-state index in [1.54, 1.807) is 18.2 Å². The molecule has 5 nitrogen and oxygen atoms in total. The van der Waals surface area contributed by atoms with Gasteiger partial charge in [0.1, 0.15) is 6.42 Å². The third-order valence-corrected chi connectivity index (χ3v) is 3.85. The number of nitrogens with zero attached hydrogens (tertiary/aromatic N) is 1. The number of rotatable bonds is 7. The highest BCUT2D eigenvalue weighted by atomic mass is 16.2. The number of nitriles is 1. The Morgan fingerprint density at radius 3 is 2.44 bits per heavy atom. The first-order valence-corrected chi connectivity index (χ1v) is 8.15. The van der Waals surface area contributed by atoms with Crippen molar-refractivity contribution in [3.63, 3.8) is 0 Å². The smallest absolute Gasteiger partial charge is 0.234 e. The third kappa shape index (κ3) is 6.11. The average Bonchev–Trinajstić information content (AvgIpc) is 2.61. The number of anilines is 1. The highest BCUT2D eigenvalue weighted by molar-refractivity contribution is 5.90. The van der Waals surface area contributed by atoms with Gasteiger partial charge in [0.25, 0.3) is 0 Å². The molecule has 0 saturated carbocycles. The van der Waals surface area contributed by atoms with Crippen LogP contribution in [0.2, 0.25) is 0 Å². The second-order valence-electron chi connectivity index (χ2n) is 5.78. The molecule has 128 valence electrons. The zero-order chi connectivity index (χ0) is 18.1. The second kappa shape index (κ2) is 9.24. The quantitative estimate of drug-likeness (QED) is 0.816. The molecule has 0 aromatic heterocycles. The van der Waals surface area contributed by atoms with Gasteiger partial charge in [-0.15, -0.1) is 0 Å². The van der Waals surface area contributed by atoms with Gasteiger partial charge in [0.15, 0.2) is 0 Å². The molecule has 0 spiro atoms. The van der Waals surface area contributed by atoms with Gasteiger partial charge in [-0.25, -0.2) is 0 Å². The van der Waals surface area contributed by atoms with Gasteiger partial charge in [-0.2, -0.15) is 5.26 Å². The van der Waals surface area contributed by atoms with E-state index in [0.29, 0.717) is 19.4 Å². The molecule has 25 heavy (non-hydrogen) atoms. The third-order valence-electron chi connectivity index (χ3n) is 3.85. The number of hydrogen-bond acceptors (Lipinski definition) is 3. The van der Waals surface area contributed by atoms with Crippen LogP contribution in [0.1, 0.15) is 29.5 Å². The van der Waals surface area contributed by atoms with Crippen LogP contribution >= 0.6 is 0 Å². The number of benzene rings is 2. The highest BCUT2D eigenvalue weighted by Gasteiger charge is 2.05. The zero-order valence-electron chi connectivity index (χ0n) is 14.2. The van der Waals surface area contributed by atoms with E-state index in [0.717, 1.165) is 11.3 Å². The average molecular weight is 335 g/mol. The van der Waals surface area contributed by atoms with Crippen LogP contribution in [0.5, 0.6) is 0 Å². The summed E-state index contributed by atoms with van der Waals surface area (Å²) in [7, 11) is 0. The van der Waals surface area contributed by atoms with Gasteiger partial charge in [-0.3, -0.25) is 9.59 Å². The Hall–Kier alpha value is -3.13. The molecule has 2 aromatic carbocycles. The molecule has 5 heteroatoms. The molecule has 0 fully saturated rings. The van der Waals surface area contributed by atoms with E-state index in [1.165, 1.54) is 11.1 Å². The normalized spacial score (nSPS) is 9.92. The van der Waals surface area contributed by atoms with Gasteiger partial charge >= 0.3 is 0 Å². The van der Waals surface area contributed by atoms with Crippen molar-refractivity contribution in [2.75, 3.05) is 5.32 Å². The van der Waals surface area contributed by atoms with Crippen LogP contribution in [0.15, 0.2) is 48.5 Å². The van der Waals surface area contributed by atoms with Crippen molar-refractivity contribution in [2.45, 2.75) is 32.7 Å².